The second-order valence-corrected chi connectivity index (χ2v) is 6.30. The number of thiazole rings is 1. The Morgan fingerprint density at radius 3 is 2.90 bits per heavy atom. The van der Waals surface area contributed by atoms with E-state index in [4.69, 9.17) is 11.6 Å². The molecule has 0 amide bonds. The standard InChI is InChI=1S/C14H18ClN5S/c1-11-17-13(15)7-14(18-11)20-4-2-3-19(5-6-20)8-12-9-21-10-16-12/h7,9-10H,2-6,8H2,1H3. The van der Waals surface area contributed by atoms with Crippen molar-refractivity contribution in [2.75, 3.05) is 31.1 Å². The van der Waals surface area contributed by atoms with Gasteiger partial charge in [0, 0.05) is 44.2 Å². The Bertz CT molecular complexity index is 569. The lowest BCUT2D eigenvalue weighted by Gasteiger charge is -2.22. The van der Waals surface area contributed by atoms with Crippen molar-refractivity contribution in [2.24, 2.45) is 0 Å². The molecule has 5 nitrogen and oxygen atoms in total. The van der Waals surface area contributed by atoms with E-state index in [0.29, 0.717) is 5.15 Å². The normalized spacial score (nSPS) is 17.0. The maximum atomic E-state index is 6.04. The van der Waals surface area contributed by atoms with Crippen molar-refractivity contribution >= 4 is 28.8 Å². The summed E-state index contributed by atoms with van der Waals surface area (Å²) in [5.74, 6) is 1.66. The summed E-state index contributed by atoms with van der Waals surface area (Å²) < 4.78 is 0. The first-order valence-electron chi connectivity index (χ1n) is 7.06. The summed E-state index contributed by atoms with van der Waals surface area (Å²) in [5.41, 5.74) is 3.06. The highest BCUT2D eigenvalue weighted by molar-refractivity contribution is 7.07. The number of hydrogen-bond donors (Lipinski definition) is 0. The molecule has 1 saturated heterocycles. The van der Waals surface area contributed by atoms with E-state index in [1.165, 1.54) is 0 Å². The Balaban J connectivity index is 1.65. The molecular formula is C14H18ClN5S. The van der Waals surface area contributed by atoms with Gasteiger partial charge in [0.2, 0.25) is 0 Å². The van der Waals surface area contributed by atoms with E-state index >= 15 is 0 Å². The summed E-state index contributed by atoms with van der Waals surface area (Å²) in [6.07, 6.45) is 1.12. The zero-order valence-electron chi connectivity index (χ0n) is 12.0. The Morgan fingerprint density at radius 2 is 2.14 bits per heavy atom. The highest BCUT2D eigenvalue weighted by Gasteiger charge is 2.17. The molecule has 0 N–H and O–H groups in total. The maximum absolute atomic E-state index is 6.04. The Kier molecular flexibility index (Phi) is 4.67. The third-order valence-corrected chi connectivity index (χ3v) is 4.40. The molecule has 1 fully saturated rings. The van der Waals surface area contributed by atoms with E-state index in [1.807, 2.05) is 18.5 Å². The van der Waals surface area contributed by atoms with Gasteiger partial charge < -0.3 is 4.90 Å². The zero-order chi connectivity index (χ0) is 14.7. The van der Waals surface area contributed by atoms with Crippen molar-refractivity contribution in [2.45, 2.75) is 19.9 Å². The van der Waals surface area contributed by atoms with Gasteiger partial charge in [-0.15, -0.1) is 11.3 Å². The summed E-state index contributed by atoms with van der Waals surface area (Å²) in [6.45, 7) is 6.87. The van der Waals surface area contributed by atoms with Gasteiger partial charge in [-0.2, -0.15) is 0 Å². The molecule has 0 saturated carbocycles. The summed E-state index contributed by atoms with van der Waals surface area (Å²) in [5, 5.41) is 2.64. The second kappa shape index (κ2) is 6.68. The van der Waals surface area contributed by atoms with Gasteiger partial charge in [0.25, 0.3) is 0 Å². The lowest BCUT2D eigenvalue weighted by atomic mass is 10.3. The summed E-state index contributed by atoms with van der Waals surface area (Å²) in [6, 6.07) is 1.85. The average Bonchev–Trinajstić information content (AvgIpc) is 2.82. The largest absolute Gasteiger partial charge is 0.355 e. The van der Waals surface area contributed by atoms with Gasteiger partial charge >= 0.3 is 0 Å². The lowest BCUT2D eigenvalue weighted by molar-refractivity contribution is 0.282. The fraction of sp³-hybridized carbons (Fsp3) is 0.500. The van der Waals surface area contributed by atoms with Crippen molar-refractivity contribution in [3.63, 3.8) is 0 Å². The Labute approximate surface area is 133 Å². The van der Waals surface area contributed by atoms with Crippen LogP contribution in [0.3, 0.4) is 0 Å². The maximum Gasteiger partial charge on any atom is 0.134 e. The molecule has 0 aromatic carbocycles. The van der Waals surface area contributed by atoms with Gasteiger partial charge in [-0.1, -0.05) is 11.6 Å². The van der Waals surface area contributed by atoms with Crippen LogP contribution >= 0.6 is 22.9 Å². The number of aromatic nitrogens is 3. The summed E-state index contributed by atoms with van der Waals surface area (Å²) in [4.78, 5) is 17.7. The van der Waals surface area contributed by atoms with Gasteiger partial charge in [-0.3, -0.25) is 4.90 Å². The third kappa shape index (κ3) is 3.90. The Morgan fingerprint density at radius 1 is 1.24 bits per heavy atom. The predicted molar refractivity (Wildman–Crippen MR) is 86.0 cm³/mol. The van der Waals surface area contributed by atoms with Crippen LogP contribution in [-0.2, 0) is 6.54 Å². The van der Waals surface area contributed by atoms with Crippen molar-refractivity contribution in [3.05, 3.63) is 33.6 Å². The van der Waals surface area contributed by atoms with E-state index in [0.717, 1.165) is 56.5 Å². The van der Waals surface area contributed by atoms with Crippen LogP contribution in [0.2, 0.25) is 5.15 Å². The van der Waals surface area contributed by atoms with E-state index < -0.39 is 0 Å². The van der Waals surface area contributed by atoms with Crippen LogP contribution in [0.15, 0.2) is 17.0 Å². The predicted octanol–water partition coefficient (Wildman–Crippen LogP) is 2.61. The van der Waals surface area contributed by atoms with Gasteiger partial charge in [-0.05, 0) is 13.3 Å². The topological polar surface area (TPSA) is 45.2 Å². The molecule has 2 aromatic heterocycles. The first-order valence-corrected chi connectivity index (χ1v) is 8.38. The first kappa shape index (κ1) is 14.7. The third-order valence-electron chi connectivity index (χ3n) is 3.57. The van der Waals surface area contributed by atoms with Crippen LogP contribution in [0.25, 0.3) is 0 Å². The highest BCUT2D eigenvalue weighted by atomic mass is 35.5. The molecule has 7 heteroatoms. The van der Waals surface area contributed by atoms with Crippen LogP contribution in [0.1, 0.15) is 17.9 Å². The van der Waals surface area contributed by atoms with E-state index in [9.17, 15) is 0 Å². The van der Waals surface area contributed by atoms with Crippen molar-refractivity contribution in [3.8, 4) is 0 Å². The first-order chi connectivity index (χ1) is 10.2. The van der Waals surface area contributed by atoms with Crippen LogP contribution in [0.5, 0.6) is 0 Å². The number of aryl methyl sites for hydroxylation is 1. The minimum absolute atomic E-state index is 0.515. The second-order valence-electron chi connectivity index (χ2n) is 5.19. The van der Waals surface area contributed by atoms with Crippen molar-refractivity contribution in [1.82, 2.24) is 19.9 Å². The van der Waals surface area contributed by atoms with Gasteiger partial charge in [-0.25, -0.2) is 15.0 Å². The fourth-order valence-electron chi connectivity index (χ4n) is 2.58. The molecule has 0 bridgehead atoms. The molecule has 112 valence electrons. The van der Waals surface area contributed by atoms with Crippen molar-refractivity contribution < 1.29 is 0 Å². The number of hydrogen-bond acceptors (Lipinski definition) is 6. The molecule has 0 radical (unpaired) electrons. The lowest BCUT2D eigenvalue weighted by Crippen LogP contribution is -2.31. The quantitative estimate of drug-likeness (QED) is 0.812. The monoisotopic (exact) mass is 323 g/mol. The highest BCUT2D eigenvalue weighted by Crippen LogP contribution is 2.18. The number of halogens is 1. The molecule has 1 aliphatic heterocycles. The SMILES string of the molecule is Cc1nc(Cl)cc(N2CCCN(Cc3cscn3)CC2)n1. The van der Waals surface area contributed by atoms with Gasteiger partial charge in [0.1, 0.15) is 16.8 Å². The molecule has 0 atom stereocenters. The summed E-state index contributed by atoms with van der Waals surface area (Å²) in [7, 11) is 0. The van der Waals surface area contributed by atoms with Crippen LogP contribution < -0.4 is 4.90 Å². The van der Waals surface area contributed by atoms with E-state index in [2.05, 4.69) is 30.1 Å². The van der Waals surface area contributed by atoms with E-state index in [-0.39, 0.29) is 0 Å². The van der Waals surface area contributed by atoms with Gasteiger partial charge in [0.05, 0.1) is 11.2 Å². The minimum Gasteiger partial charge on any atom is -0.355 e. The van der Waals surface area contributed by atoms with Crippen LogP contribution in [0.4, 0.5) is 5.82 Å². The molecule has 0 unspecified atom stereocenters. The Hall–Kier alpha value is -1.24. The molecule has 2 aromatic rings. The van der Waals surface area contributed by atoms with Gasteiger partial charge in [0.15, 0.2) is 0 Å². The molecular weight excluding hydrogens is 306 g/mol. The van der Waals surface area contributed by atoms with Crippen LogP contribution in [0, 0.1) is 6.92 Å². The molecule has 1 aliphatic rings. The smallest absolute Gasteiger partial charge is 0.134 e. The summed E-state index contributed by atoms with van der Waals surface area (Å²) >= 11 is 7.69. The fourth-order valence-corrected chi connectivity index (χ4v) is 3.35. The molecule has 0 aliphatic carbocycles. The van der Waals surface area contributed by atoms with E-state index in [1.54, 1.807) is 11.3 Å². The van der Waals surface area contributed by atoms with Crippen molar-refractivity contribution in [1.29, 1.82) is 0 Å². The average molecular weight is 324 g/mol. The number of anilines is 1. The number of rotatable bonds is 3. The minimum atomic E-state index is 0.515. The molecule has 21 heavy (non-hydrogen) atoms. The zero-order valence-corrected chi connectivity index (χ0v) is 13.6. The molecule has 3 heterocycles. The van der Waals surface area contributed by atoms with Crippen LogP contribution in [-0.4, -0.2) is 46.0 Å². The molecule has 0 spiro atoms. The number of nitrogens with zero attached hydrogens (tertiary/aromatic N) is 5. The molecule has 3 rings (SSSR count).